The number of nitrogens with zero attached hydrogens (tertiary/aromatic N) is 1. The van der Waals surface area contributed by atoms with Gasteiger partial charge < -0.3 is 14.4 Å². The SMILES string of the molecule is COCC1COCCN1C(=O)CCc1ccccc1. The number of carbonyl (C=O) groups is 1. The Kier molecular flexibility index (Phi) is 5.36. The Hall–Kier alpha value is -1.39. The quantitative estimate of drug-likeness (QED) is 0.808. The summed E-state index contributed by atoms with van der Waals surface area (Å²) in [5.41, 5.74) is 1.20. The van der Waals surface area contributed by atoms with Crippen molar-refractivity contribution >= 4 is 5.91 Å². The number of morpholine rings is 1. The number of carbonyl (C=O) groups excluding carboxylic acids is 1. The lowest BCUT2D eigenvalue weighted by Gasteiger charge is -2.35. The van der Waals surface area contributed by atoms with Crippen LogP contribution in [0.1, 0.15) is 12.0 Å². The fraction of sp³-hybridized carbons (Fsp3) is 0.533. The molecule has 0 aromatic heterocycles. The highest BCUT2D eigenvalue weighted by Crippen LogP contribution is 2.11. The minimum atomic E-state index is 0.0574. The predicted molar refractivity (Wildman–Crippen MR) is 73.0 cm³/mol. The van der Waals surface area contributed by atoms with E-state index in [-0.39, 0.29) is 11.9 Å². The van der Waals surface area contributed by atoms with Gasteiger partial charge in [0.1, 0.15) is 0 Å². The minimum absolute atomic E-state index is 0.0574. The minimum Gasteiger partial charge on any atom is -0.382 e. The van der Waals surface area contributed by atoms with Gasteiger partial charge in [-0.3, -0.25) is 4.79 Å². The molecule has 1 atom stereocenters. The maximum atomic E-state index is 12.3. The van der Waals surface area contributed by atoms with E-state index in [1.807, 2.05) is 23.1 Å². The van der Waals surface area contributed by atoms with Gasteiger partial charge in [0.15, 0.2) is 0 Å². The van der Waals surface area contributed by atoms with Crippen LogP contribution in [0.3, 0.4) is 0 Å². The monoisotopic (exact) mass is 263 g/mol. The average molecular weight is 263 g/mol. The molecule has 0 saturated carbocycles. The smallest absolute Gasteiger partial charge is 0.223 e. The topological polar surface area (TPSA) is 38.8 Å². The molecule has 4 nitrogen and oxygen atoms in total. The van der Waals surface area contributed by atoms with Gasteiger partial charge in [-0.15, -0.1) is 0 Å². The second-order valence-corrected chi connectivity index (χ2v) is 4.76. The van der Waals surface area contributed by atoms with Gasteiger partial charge >= 0.3 is 0 Å². The third-order valence-corrected chi connectivity index (χ3v) is 3.38. The summed E-state index contributed by atoms with van der Waals surface area (Å²) in [4.78, 5) is 14.2. The Bertz CT molecular complexity index is 392. The van der Waals surface area contributed by atoms with Gasteiger partial charge in [0, 0.05) is 20.1 Å². The van der Waals surface area contributed by atoms with E-state index < -0.39 is 0 Å². The molecule has 1 aromatic rings. The summed E-state index contributed by atoms with van der Waals surface area (Å²) in [6, 6.07) is 10.2. The van der Waals surface area contributed by atoms with Crippen LogP contribution in [0.4, 0.5) is 0 Å². The summed E-state index contributed by atoms with van der Waals surface area (Å²) in [7, 11) is 1.65. The fourth-order valence-corrected chi connectivity index (χ4v) is 2.35. The Morgan fingerprint density at radius 1 is 1.42 bits per heavy atom. The van der Waals surface area contributed by atoms with E-state index in [9.17, 15) is 4.79 Å². The van der Waals surface area contributed by atoms with Crippen molar-refractivity contribution in [2.24, 2.45) is 0 Å². The number of hydrogen-bond donors (Lipinski definition) is 0. The van der Waals surface area contributed by atoms with Crippen LogP contribution in [0.15, 0.2) is 30.3 Å². The molecule has 1 amide bonds. The normalized spacial score (nSPS) is 19.4. The lowest BCUT2D eigenvalue weighted by Crippen LogP contribution is -2.50. The predicted octanol–water partition coefficient (Wildman–Crippen LogP) is 1.49. The molecular weight excluding hydrogens is 242 g/mol. The molecule has 104 valence electrons. The van der Waals surface area contributed by atoms with E-state index in [1.165, 1.54) is 5.56 Å². The van der Waals surface area contributed by atoms with E-state index in [0.29, 0.717) is 32.8 Å². The molecule has 4 heteroatoms. The van der Waals surface area contributed by atoms with Gasteiger partial charge in [0.05, 0.1) is 25.9 Å². The van der Waals surface area contributed by atoms with Gasteiger partial charge in [-0.2, -0.15) is 0 Å². The number of methoxy groups -OCH3 is 1. The number of ether oxygens (including phenoxy) is 2. The van der Waals surface area contributed by atoms with Crippen LogP contribution in [0, 0.1) is 0 Å². The van der Waals surface area contributed by atoms with Crippen molar-refractivity contribution in [2.45, 2.75) is 18.9 Å². The van der Waals surface area contributed by atoms with Crippen molar-refractivity contribution in [2.75, 3.05) is 33.5 Å². The highest BCUT2D eigenvalue weighted by atomic mass is 16.5. The first-order valence-corrected chi connectivity index (χ1v) is 6.71. The molecule has 0 radical (unpaired) electrons. The van der Waals surface area contributed by atoms with Crippen molar-refractivity contribution < 1.29 is 14.3 Å². The standard InChI is InChI=1S/C15H21NO3/c1-18-11-14-12-19-10-9-16(14)15(17)8-7-13-5-3-2-4-6-13/h2-6,14H,7-12H2,1H3. The van der Waals surface area contributed by atoms with E-state index in [0.717, 1.165) is 6.42 Å². The van der Waals surface area contributed by atoms with Crippen molar-refractivity contribution in [3.8, 4) is 0 Å². The first kappa shape index (κ1) is 14.0. The molecule has 0 N–H and O–H groups in total. The molecule has 1 aromatic carbocycles. The van der Waals surface area contributed by atoms with Crippen LogP contribution in [-0.2, 0) is 20.7 Å². The van der Waals surface area contributed by atoms with Gasteiger partial charge in [-0.1, -0.05) is 30.3 Å². The van der Waals surface area contributed by atoms with E-state index >= 15 is 0 Å². The number of amides is 1. The second kappa shape index (κ2) is 7.26. The lowest BCUT2D eigenvalue weighted by atomic mass is 10.1. The molecule has 1 saturated heterocycles. The van der Waals surface area contributed by atoms with Crippen molar-refractivity contribution in [1.29, 1.82) is 0 Å². The summed E-state index contributed by atoms with van der Waals surface area (Å²) < 4.78 is 10.6. The highest BCUT2D eigenvalue weighted by molar-refractivity contribution is 5.77. The molecular formula is C15H21NO3. The molecule has 1 heterocycles. The van der Waals surface area contributed by atoms with E-state index in [4.69, 9.17) is 9.47 Å². The highest BCUT2D eigenvalue weighted by Gasteiger charge is 2.26. The molecule has 19 heavy (non-hydrogen) atoms. The molecule has 1 unspecified atom stereocenters. The van der Waals surface area contributed by atoms with Crippen LogP contribution in [0.25, 0.3) is 0 Å². The Morgan fingerprint density at radius 2 is 2.21 bits per heavy atom. The average Bonchev–Trinajstić information content (AvgIpc) is 2.47. The number of rotatable bonds is 5. The molecule has 2 rings (SSSR count). The Balaban J connectivity index is 1.87. The molecule has 1 fully saturated rings. The fourth-order valence-electron chi connectivity index (χ4n) is 2.35. The van der Waals surface area contributed by atoms with Crippen LogP contribution in [0.5, 0.6) is 0 Å². The zero-order valence-corrected chi connectivity index (χ0v) is 11.4. The second-order valence-electron chi connectivity index (χ2n) is 4.76. The maximum Gasteiger partial charge on any atom is 0.223 e. The number of hydrogen-bond acceptors (Lipinski definition) is 3. The van der Waals surface area contributed by atoms with Gasteiger partial charge in [-0.05, 0) is 12.0 Å². The summed E-state index contributed by atoms with van der Waals surface area (Å²) in [6.45, 7) is 2.40. The summed E-state index contributed by atoms with van der Waals surface area (Å²) in [6.07, 6.45) is 1.33. The lowest BCUT2D eigenvalue weighted by molar-refractivity contribution is -0.142. The van der Waals surface area contributed by atoms with Crippen molar-refractivity contribution in [3.63, 3.8) is 0 Å². The Labute approximate surface area is 114 Å². The van der Waals surface area contributed by atoms with Crippen LogP contribution in [0.2, 0.25) is 0 Å². The molecule has 1 aliphatic heterocycles. The van der Waals surface area contributed by atoms with Crippen molar-refractivity contribution in [1.82, 2.24) is 4.90 Å². The summed E-state index contributed by atoms with van der Waals surface area (Å²) in [5.74, 6) is 0.189. The van der Waals surface area contributed by atoms with Crippen molar-refractivity contribution in [3.05, 3.63) is 35.9 Å². The van der Waals surface area contributed by atoms with E-state index in [1.54, 1.807) is 7.11 Å². The largest absolute Gasteiger partial charge is 0.382 e. The Morgan fingerprint density at radius 3 is 2.95 bits per heavy atom. The summed E-state index contributed by atoms with van der Waals surface area (Å²) >= 11 is 0. The number of benzene rings is 1. The van der Waals surface area contributed by atoms with Crippen LogP contribution in [-0.4, -0.2) is 50.3 Å². The maximum absolute atomic E-state index is 12.3. The molecule has 0 aliphatic carbocycles. The van der Waals surface area contributed by atoms with E-state index in [2.05, 4.69) is 12.1 Å². The zero-order valence-electron chi connectivity index (χ0n) is 11.4. The number of aryl methyl sites for hydroxylation is 1. The molecule has 0 spiro atoms. The van der Waals surface area contributed by atoms with Crippen LogP contribution >= 0.6 is 0 Å². The summed E-state index contributed by atoms with van der Waals surface area (Å²) in [5, 5.41) is 0. The van der Waals surface area contributed by atoms with Crippen LogP contribution < -0.4 is 0 Å². The van der Waals surface area contributed by atoms with Gasteiger partial charge in [0.25, 0.3) is 0 Å². The molecule has 0 bridgehead atoms. The first-order valence-electron chi connectivity index (χ1n) is 6.71. The third kappa shape index (κ3) is 4.04. The first-order chi connectivity index (χ1) is 9.31. The third-order valence-electron chi connectivity index (χ3n) is 3.38. The zero-order chi connectivity index (χ0) is 13.5. The van der Waals surface area contributed by atoms with Gasteiger partial charge in [0.2, 0.25) is 5.91 Å². The molecule has 1 aliphatic rings. The van der Waals surface area contributed by atoms with Gasteiger partial charge in [-0.25, -0.2) is 0 Å².